The minimum atomic E-state index is 0.352. The van der Waals surface area contributed by atoms with Crippen LogP contribution >= 0.6 is 0 Å². The van der Waals surface area contributed by atoms with E-state index in [1.807, 2.05) is 4.90 Å². The van der Waals surface area contributed by atoms with E-state index in [4.69, 9.17) is 0 Å². The maximum absolute atomic E-state index is 11.3. The lowest BCUT2D eigenvalue weighted by Crippen LogP contribution is -2.39. The molecule has 1 rings (SSSR count). The Morgan fingerprint density at radius 1 is 1.64 bits per heavy atom. The van der Waals surface area contributed by atoms with Crippen molar-refractivity contribution in [1.29, 1.82) is 0 Å². The number of rotatable bonds is 2. The molecule has 0 aromatic carbocycles. The average molecular weight is 155 g/mol. The van der Waals surface area contributed by atoms with Crippen LogP contribution in [0.5, 0.6) is 0 Å². The number of nitrogens with zero attached hydrogens (tertiary/aromatic N) is 1. The lowest BCUT2D eigenvalue weighted by molar-refractivity contribution is -0.134. The maximum atomic E-state index is 11.3. The van der Waals surface area contributed by atoms with E-state index in [1.54, 1.807) is 0 Å². The summed E-state index contributed by atoms with van der Waals surface area (Å²) >= 11 is 0. The lowest BCUT2D eigenvalue weighted by Gasteiger charge is -2.30. The van der Waals surface area contributed by atoms with Crippen molar-refractivity contribution >= 4 is 5.91 Å². The third kappa shape index (κ3) is 2.21. The van der Waals surface area contributed by atoms with Crippen molar-refractivity contribution in [3.8, 4) is 0 Å². The molecule has 2 nitrogen and oxygen atoms in total. The number of carbonyl (C=O) groups is 1. The van der Waals surface area contributed by atoms with Crippen molar-refractivity contribution in [3.05, 3.63) is 0 Å². The number of hydrogen-bond acceptors (Lipinski definition) is 1. The summed E-state index contributed by atoms with van der Waals surface area (Å²) < 4.78 is 0. The summed E-state index contributed by atoms with van der Waals surface area (Å²) in [6, 6.07) is 0. The minimum absolute atomic E-state index is 0.352. The zero-order chi connectivity index (χ0) is 8.27. The normalized spacial score (nSPS) is 25.8. The van der Waals surface area contributed by atoms with Crippen LogP contribution in [0.1, 0.15) is 33.1 Å². The Morgan fingerprint density at radius 3 is 3.00 bits per heavy atom. The van der Waals surface area contributed by atoms with Gasteiger partial charge in [-0.2, -0.15) is 0 Å². The Hall–Kier alpha value is -0.530. The molecule has 0 spiro atoms. The summed E-state index contributed by atoms with van der Waals surface area (Å²) in [7, 11) is 0. The van der Waals surface area contributed by atoms with Gasteiger partial charge in [-0.1, -0.05) is 13.8 Å². The SMILES string of the molecule is CCCN1CC(C)CCC1=O. The van der Waals surface area contributed by atoms with Crippen molar-refractivity contribution in [3.63, 3.8) is 0 Å². The molecule has 0 aromatic heterocycles. The highest BCUT2D eigenvalue weighted by Gasteiger charge is 2.21. The minimum Gasteiger partial charge on any atom is -0.342 e. The van der Waals surface area contributed by atoms with Crippen LogP contribution in [-0.4, -0.2) is 23.9 Å². The molecule has 1 saturated heterocycles. The zero-order valence-electron chi connectivity index (χ0n) is 7.47. The van der Waals surface area contributed by atoms with E-state index >= 15 is 0 Å². The smallest absolute Gasteiger partial charge is 0.222 e. The van der Waals surface area contributed by atoms with E-state index in [9.17, 15) is 4.79 Å². The molecule has 1 amide bonds. The maximum Gasteiger partial charge on any atom is 0.222 e. The number of hydrogen-bond donors (Lipinski definition) is 0. The topological polar surface area (TPSA) is 20.3 Å². The van der Waals surface area contributed by atoms with Crippen LogP contribution in [0.4, 0.5) is 0 Å². The van der Waals surface area contributed by atoms with E-state index < -0.39 is 0 Å². The van der Waals surface area contributed by atoms with Gasteiger partial charge >= 0.3 is 0 Å². The number of likely N-dealkylation sites (tertiary alicyclic amines) is 1. The van der Waals surface area contributed by atoms with Gasteiger partial charge < -0.3 is 4.90 Å². The standard InChI is InChI=1S/C9H17NO/c1-3-6-10-7-8(2)4-5-9(10)11/h8H,3-7H2,1-2H3. The third-order valence-corrected chi connectivity index (χ3v) is 2.23. The highest BCUT2D eigenvalue weighted by molar-refractivity contribution is 5.76. The second-order valence-electron chi connectivity index (χ2n) is 3.48. The Balaban J connectivity index is 2.40. The predicted octanol–water partition coefficient (Wildman–Crippen LogP) is 1.65. The van der Waals surface area contributed by atoms with E-state index in [2.05, 4.69) is 13.8 Å². The molecule has 0 aromatic rings. The first-order chi connectivity index (χ1) is 5.24. The van der Waals surface area contributed by atoms with Crippen molar-refractivity contribution in [2.75, 3.05) is 13.1 Å². The Labute approximate surface area is 68.6 Å². The van der Waals surface area contributed by atoms with Crippen molar-refractivity contribution in [2.45, 2.75) is 33.1 Å². The van der Waals surface area contributed by atoms with Gasteiger partial charge in [0.05, 0.1) is 0 Å². The number of amides is 1. The second-order valence-corrected chi connectivity index (χ2v) is 3.48. The van der Waals surface area contributed by atoms with Gasteiger partial charge in [0, 0.05) is 19.5 Å². The van der Waals surface area contributed by atoms with E-state index in [1.165, 1.54) is 0 Å². The van der Waals surface area contributed by atoms with Gasteiger partial charge in [-0.05, 0) is 18.8 Å². The molecular formula is C9H17NO. The largest absolute Gasteiger partial charge is 0.342 e. The summed E-state index contributed by atoms with van der Waals surface area (Å²) in [5.41, 5.74) is 0. The quantitative estimate of drug-likeness (QED) is 0.594. The van der Waals surface area contributed by atoms with Gasteiger partial charge in [-0.3, -0.25) is 4.79 Å². The van der Waals surface area contributed by atoms with Crippen LogP contribution in [0.2, 0.25) is 0 Å². The van der Waals surface area contributed by atoms with Gasteiger partial charge in [0.2, 0.25) is 5.91 Å². The van der Waals surface area contributed by atoms with Gasteiger partial charge in [-0.25, -0.2) is 0 Å². The Bertz CT molecular complexity index is 144. The van der Waals surface area contributed by atoms with Gasteiger partial charge in [-0.15, -0.1) is 0 Å². The van der Waals surface area contributed by atoms with Crippen LogP contribution in [0.3, 0.4) is 0 Å². The molecular weight excluding hydrogens is 138 g/mol. The third-order valence-electron chi connectivity index (χ3n) is 2.23. The fraction of sp³-hybridized carbons (Fsp3) is 0.889. The molecule has 1 atom stereocenters. The first kappa shape index (κ1) is 8.57. The van der Waals surface area contributed by atoms with Crippen LogP contribution < -0.4 is 0 Å². The lowest BCUT2D eigenvalue weighted by atomic mass is 10.00. The highest BCUT2D eigenvalue weighted by Crippen LogP contribution is 2.16. The number of carbonyl (C=O) groups excluding carboxylic acids is 1. The molecule has 1 fully saturated rings. The van der Waals surface area contributed by atoms with Crippen molar-refractivity contribution in [2.24, 2.45) is 5.92 Å². The van der Waals surface area contributed by atoms with E-state index in [0.29, 0.717) is 11.8 Å². The molecule has 1 unspecified atom stereocenters. The fourth-order valence-corrected chi connectivity index (χ4v) is 1.58. The Morgan fingerprint density at radius 2 is 2.36 bits per heavy atom. The van der Waals surface area contributed by atoms with Crippen LogP contribution in [0.15, 0.2) is 0 Å². The molecule has 0 radical (unpaired) electrons. The highest BCUT2D eigenvalue weighted by atomic mass is 16.2. The van der Waals surface area contributed by atoms with Crippen LogP contribution in [-0.2, 0) is 4.79 Å². The average Bonchev–Trinajstić information content (AvgIpc) is 1.98. The molecule has 0 aliphatic carbocycles. The second kappa shape index (κ2) is 3.74. The number of piperidine rings is 1. The predicted molar refractivity (Wildman–Crippen MR) is 45.3 cm³/mol. The summed E-state index contributed by atoms with van der Waals surface area (Å²) in [6.45, 7) is 6.26. The van der Waals surface area contributed by atoms with E-state index in [0.717, 1.165) is 32.4 Å². The fourth-order valence-electron chi connectivity index (χ4n) is 1.58. The molecule has 1 aliphatic heterocycles. The summed E-state index contributed by atoms with van der Waals surface area (Å²) in [6.07, 6.45) is 2.93. The van der Waals surface area contributed by atoms with Gasteiger partial charge in [0.15, 0.2) is 0 Å². The monoisotopic (exact) mass is 155 g/mol. The van der Waals surface area contributed by atoms with Gasteiger partial charge in [0.1, 0.15) is 0 Å². The summed E-state index contributed by atoms with van der Waals surface area (Å²) in [5, 5.41) is 0. The molecule has 1 aliphatic rings. The molecule has 0 N–H and O–H groups in total. The molecule has 0 bridgehead atoms. The molecule has 0 saturated carbocycles. The van der Waals surface area contributed by atoms with Crippen LogP contribution in [0, 0.1) is 5.92 Å². The Kier molecular flexibility index (Phi) is 2.92. The first-order valence-electron chi connectivity index (χ1n) is 4.51. The summed E-state index contributed by atoms with van der Waals surface area (Å²) in [4.78, 5) is 13.2. The van der Waals surface area contributed by atoms with Crippen molar-refractivity contribution in [1.82, 2.24) is 4.90 Å². The van der Waals surface area contributed by atoms with E-state index in [-0.39, 0.29) is 0 Å². The summed E-state index contributed by atoms with van der Waals surface area (Å²) in [5.74, 6) is 1.06. The molecule has 2 heteroatoms. The van der Waals surface area contributed by atoms with Crippen molar-refractivity contribution < 1.29 is 4.79 Å². The molecule has 11 heavy (non-hydrogen) atoms. The molecule has 64 valence electrons. The van der Waals surface area contributed by atoms with Gasteiger partial charge in [0.25, 0.3) is 0 Å². The van der Waals surface area contributed by atoms with Crippen LogP contribution in [0.25, 0.3) is 0 Å². The zero-order valence-corrected chi connectivity index (χ0v) is 7.47. The molecule has 1 heterocycles. The first-order valence-corrected chi connectivity index (χ1v) is 4.51.